The second kappa shape index (κ2) is 9.57. The zero-order chi connectivity index (χ0) is 19.9. The van der Waals surface area contributed by atoms with Crippen LogP contribution in [0.3, 0.4) is 0 Å². The van der Waals surface area contributed by atoms with Crippen LogP contribution in [0.1, 0.15) is 22.4 Å². The van der Waals surface area contributed by atoms with Crippen molar-refractivity contribution in [2.75, 3.05) is 19.0 Å². The van der Waals surface area contributed by atoms with Crippen LogP contribution >= 0.6 is 22.9 Å². The van der Waals surface area contributed by atoms with E-state index >= 15 is 0 Å². The van der Waals surface area contributed by atoms with Crippen LogP contribution in [0.25, 0.3) is 0 Å². The number of hydrogen-bond acceptors (Lipinski definition) is 5. The fourth-order valence-electron chi connectivity index (χ4n) is 2.51. The number of amides is 1. The Kier molecular flexibility index (Phi) is 6.90. The van der Waals surface area contributed by atoms with E-state index in [0.29, 0.717) is 10.9 Å². The maximum absolute atomic E-state index is 12.1. The van der Waals surface area contributed by atoms with Gasteiger partial charge in [-0.3, -0.25) is 4.79 Å². The lowest BCUT2D eigenvalue weighted by Gasteiger charge is -2.06. The molecule has 0 aliphatic carbocycles. The molecule has 3 aromatic rings. The number of benzene rings is 2. The number of hydrogen-bond donors (Lipinski definition) is 1. The van der Waals surface area contributed by atoms with Gasteiger partial charge in [0.15, 0.2) is 5.13 Å². The molecule has 0 aliphatic rings. The van der Waals surface area contributed by atoms with Gasteiger partial charge in [-0.1, -0.05) is 23.7 Å². The summed E-state index contributed by atoms with van der Waals surface area (Å²) in [5.41, 5.74) is 2.17. The summed E-state index contributed by atoms with van der Waals surface area (Å²) in [6, 6.07) is 13.3. The summed E-state index contributed by atoms with van der Waals surface area (Å²) in [6.45, 7) is 2.27. The molecule has 1 aromatic heterocycles. The zero-order valence-corrected chi connectivity index (χ0v) is 17.3. The van der Waals surface area contributed by atoms with E-state index in [2.05, 4.69) is 16.4 Å². The summed E-state index contributed by atoms with van der Waals surface area (Å²) < 4.78 is 10.7. The number of aromatic nitrogens is 1. The number of carbonyl (C=O) groups excluding carboxylic acids is 1. The molecule has 0 saturated heterocycles. The van der Waals surface area contributed by atoms with Crippen LogP contribution in [0.4, 0.5) is 5.13 Å². The van der Waals surface area contributed by atoms with Crippen molar-refractivity contribution < 1.29 is 14.3 Å². The van der Waals surface area contributed by atoms with Gasteiger partial charge in [0.05, 0.1) is 20.1 Å². The minimum atomic E-state index is -0.132. The standard InChI is InChI=1S/C21H21ClN2O3S/c1-14-3-4-15(12-19(14)22)11-18-13-23-21(28-18)24-20(25)9-10-27-17-7-5-16(26-2)6-8-17/h3-8,12-13H,9-11H2,1-2H3,(H,23,24,25). The van der Waals surface area contributed by atoms with E-state index < -0.39 is 0 Å². The van der Waals surface area contributed by atoms with Gasteiger partial charge in [-0.25, -0.2) is 4.98 Å². The average Bonchev–Trinajstić information content (AvgIpc) is 3.12. The van der Waals surface area contributed by atoms with Crippen LogP contribution in [0.5, 0.6) is 11.5 Å². The molecule has 0 fully saturated rings. The van der Waals surface area contributed by atoms with Gasteiger partial charge in [-0.05, 0) is 48.4 Å². The predicted octanol–water partition coefficient (Wildman–Crippen LogP) is 5.11. The first kappa shape index (κ1) is 20.2. The molecule has 7 heteroatoms. The number of rotatable bonds is 8. The van der Waals surface area contributed by atoms with Gasteiger partial charge in [0.25, 0.3) is 0 Å². The summed E-state index contributed by atoms with van der Waals surface area (Å²) in [5.74, 6) is 1.33. The molecule has 3 rings (SSSR count). The summed E-state index contributed by atoms with van der Waals surface area (Å²) in [4.78, 5) is 17.4. The van der Waals surface area contributed by atoms with Gasteiger partial charge < -0.3 is 14.8 Å². The van der Waals surface area contributed by atoms with Gasteiger partial charge >= 0.3 is 0 Å². The number of halogens is 1. The highest BCUT2D eigenvalue weighted by molar-refractivity contribution is 7.15. The smallest absolute Gasteiger partial charge is 0.229 e. The van der Waals surface area contributed by atoms with Crippen molar-refractivity contribution in [2.45, 2.75) is 19.8 Å². The molecule has 0 aliphatic heterocycles. The quantitative estimate of drug-likeness (QED) is 0.554. The number of nitrogens with zero attached hydrogens (tertiary/aromatic N) is 1. The number of methoxy groups -OCH3 is 1. The summed E-state index contributed by atoms with van der Waals surface area (Å²) in [7, 11) is 1.61. The molecule has 28 heavy (non-hydrogen) atoms. The fraction of sp³-hybridized carbons (Fsp3) is 0.238. The molecule has 146 valence electrons. The Hall–Kier alpha value is -2.57. The lowest BCUT2D eigenvalue weighted by atomic mass is 10.1. The highest BCUT2D eigenvalue weighted by Crippen LogP contribution is 2.24. The molecule has 1 heterocycles. The van der Waals surface area contributed by atoms with Crippen LogP contribution in [-0.4, -0.2) is 24.6 Å². The van der Waals surface area contributed by atoms with Gasteiger partial charge in [0.2, 0.25) is 5.91 Å². The third-order valence-electron chi connectivity index (χ3n) is 4.07. The first-order valence-corrected chi connectivity index (χ1v) is 9.99. The maximum Gasteiger partial charge on any atom is 0.229 e. The molecule has 1 amide bonds. The Morgan fingerprint density at radius 2 is 1.93 bits per heavy atom. The Morgan fingerprint density at radius 3 is 2.64 bits per heavy atom. The summed E-state index contributed by atoms with van der Waals surface area (Å²) in [5, 5.41) is 4.16. The van der Waals surface area contributed by atoms with Crippen LogP contribution < -0.4 is 14.8 Å². The van der Waals surface area contributed by atoms with E-state index in [0.717, 1.165) is 33.2 Å². The highest BCUT2D eigenvalue weighted by Gasteiger charge is 2.08. The molecule has 1 N–H and O–H groups in total. The SMILES string of the molecule is COc1ccc(OCCC(=O)Nc2ncc(Cc3ccc(C)c(Cl)c3)s2)cc1. The Bertz CT molecular complexity index is 941. The van der Waals surface area contributed by atoms with E-state index in [-0.39, 0.29) is 18.9 Å². The van der Waals surface area contributed by atoms with E-state index in [1.54, 1.807) is 25.4 Å². The third kappa shape index (κ3) is 5.71. The molecular weight excluding hydrogens is 396 g/mol. The van der Waals surface area contributed by atoms with Crippen LogP contribution in [0.15, 0.2) is 48.7 Å². The number of carbonyl (C=O) groups is 1. The Balaban J connectivity index is 1.45. The molecule has 0 saturated carbocycles. The number of nitrogens with one attached hydrogen (secondary N) is 1. The molecule has 0 unspecified atom stereocenters. The fourth-order valence-corrected chi connectivity index (χ4v) is 3.58. The molecular formula is C21H21ClN2O3S. The van der Waals surface area contributed by atoms with Crippen molar-refractivity contribution in [3.8, 4) is 11.5 Å². The molecule has 0 atom stereocenters. The largest absolute Gasteiger partial charge is 0.497 e. The van der Waals surface area contributed by atoms with Crippen molar-refractivity contribution in [1.29, 1.82) is 0 Å². The lowest BCUT2D eigenvalue weighted by Crippen LogP contribution is -2.14. The summed E-state index contributed by atoms with van der Waals surface area (Å²) >= 11 is 7.63. The van der Waals surface area contributed by atoms with Crippen LogP contribution in [0.2, 0.25) is 5.02 Å². The topological polar surface area (TPSA) is 60.5 Å². The van der Waals surface area contributed by atoms with Crippen molar-refractivity contribution in [3.05, 3.63) is 69.7 Å². The van der Waals surface area contributed by atoms with Crippen molar-refractivity contribution >= 4 is 34.0 Å². The first-order chi connectivity index (χ1) is 13.5. The monoisotopic (exact) mass is 416 g/mol. The number of thiazole rings is 1. The Labute approximate surface area is 173 Å². The van der Waals surface area contributed by atoms with Gasteiger partial charge in [0.1, 0.15) is 11.5 Å². The minimum Gasteiger partial charge on any atom is -0.497 e. The van der Waals surface area contributed by atoms with E-state index in [1.165, 1.54) is 11.3 Å². The van der Waals surface area contributed by atoms with Gasteiger partial charge in [-0.15, -0.1) is 11.3 Å². The third-order valence-corrected chi connectivity index (χ3v) is 5.39. The number of aryl methyl sites for hydroxylation is 1. The highest BCUT2D eigenvalue weighted by atomic mass is 35.5. The zero-order valence-electron chi connectivity index (χ0n) is 15.7. The average molecular weight is 417 g/mol. The predicted molar refractivity (Wildman–Crippen MR) is 113 cm³/mol. The summed E-state index contributed by atoms with van der Waals surface area (Å²) in [6.07, 6.45) is 2.75. The number of anilines is 1. The second-order valence-electron chi connectivity index (χ2n) is 6.21. The molecule has 5 nitrogen and oxygen atoms in total. The van der Waals surface area contributed by atoms with Gasteiger partial charge in [-0.2, -0.15) is 0 Å². The normalized spacial score (nSPS) is 10.5. The lowest BCUT2D eigenvalue weighted by molar-refractivity contribution is -0.116. The van der Waals surface area contributed by atoms with Crippen molar-refractivity contribution in [3.63, 3.8) is 0 Å². The molecule has 0 spiro atoms. The molecule has 0 radical (unpaired) electrons. The van der Waals surface area contributed by atoms with E-state index in [4.69, 9.17) is 21.1 Å². The Morgan fingerprint density at radius 1 is 1.18 bits per heavy atom. The van der Waals surface area contributed by atoms with Crippen LogP contribution in [-0.2, 0) is 11.2 Å². The molecule has 2 aromatic carbocycles. The number of ether oxygens (including phenoxy) is 2. The van der Waals surface area contributed by atoms with Gasteiger partial charge in [0, 0.05) is 22.5 Å². The second-order valence-corrected chi connectivity index (χ2v) is 7.74. The van der Waals surface area contributed by atoms with Crippen molar-refractivity contribution in [2.24, 2.45) is 0 Å². The first-order valence-electron chi connectivity index (χ1n) is 8.80. The van der Waals surface area contributed by atoms with Crippen LogP contribution in [0, 0.1) is 6.92 Å². The van der Waals surface area contributed by atoms with Crippen molar-refractivity contribution in [1.82, 2.24) is 4.98 Å². The molecule has 0 bridgehead atoms. The maximum atomic E-state index is 12.1. The van der Waals surface area contributed by atoms with E-state index in [9.17, 15) is 4.79 Å². The minimum absolute atomic E-state index is 0.132. The van der Waals surface area contributed by atoms with E-state index in [1.807, 2.05) is 31.2 Å².